The lowest BCUT2D eigenvalue weighted by atomic mass is 10.1. The smallest absolute Gasteiger partial charge is 0.273 e. The molecule has 1 amide bonds. The third-order valence-electron chi connectivity index (χ3n) is 2.91. The molecule has 1 heterocycles. The zero-order valence-corrected chi connectivity index (χ0v) is 10.7. The van der Waals surface area contributed by atoms with Gasteiger partial charge in [0.25, 0.3) is 5.91 Å². The third-order valence-corrected chi connectivity index (χ3v) is 2.91. The molecule has 0 saturated carbocycles. The second kappa shape index (κ2) is 4.52. The van der Waals surface area contributed by atoms with Crippen molar-refractivity contribution in [3.63, 3.8) is 0 Å². The number of hydrogen-bond donors (Lipinski definition) is 2. The van der Waals surface area contributed by atoms with E-state index in [0.717, 1.165) is 16.8 Å². The van der Waals surface area contributed by atoms with Crippen molar-refractivity contribution >= 4 is 17.3 Å². The van der Waals surface area contributed by atoms with Crippen LogP contribution in [0.25, 0.3) is 0 Å². The lowest BCUT2D eigenvalue weighted by Crippen LogP contribution is -2.17. The molecule has 0 spiro atoms. The van der Waals surface area contributed by atoms with E-state index < -0.39 is 0 Å². The molecule has 1 aromatic carbocycles. The summed E-state index contributed by atoms with van der Waals surface area (Å²) in [4.78, 5) is 12.0. The Morgan fingerprint density at radius 3 is 2.67 bits per heavy atom. The van der Waals surface area contributed by atoms with Gasteiger partial charge in [0.1, 0.15) is 5.69 Å². The van der Waals surface area contributed by atoms with E-state index in [1.165, 1.54) is 4.68 Å². The molecule has 18 heavy (non-hydrogen) atoms. The fraction of sp³-hybridized carbons (Fsp3) is 0.231. The molecule has 2 rings (SSSR count). The van der Waals surface area contributed by atoms with Gasteiger partial charge < -0.3 is 11.1 Å². The number of nitrogens with zero attached hydrogens (tertiary/aromatic N) is 2. The number of nitrogens with one attached hydrogen (secondary N) is 1. The molecule has 0 saturated heterocycles. The number of carbonyl (C=O) groups excluding carboxylic acids is 1. The Morgan fingerprint density at radius 1 is 1.33 bits per heavy atom. The third kappa shape index (κ3) is 2.20. The summed E-state index contributed by atoms with van der Waals surface area (Å²) in [5, 5.41) is 6.81. The number of benzene rings is 1. The minimum Gasteiger partial charge on any atom is -0.398 e. The highest BCUT2D eigenvalue weighted by Crippen LogP contribution is 2.22. The van der Waals surface area contributed by atoms with Gasteiger partial charge in [0.15, 0.2) is 0 Å². The first-order valence-corrected chi connectivity index (χ1v) is 5.65. The monoisotopic (exact) mass is 244 g/mol. The van der Waals surface area contributed by atoms with E-state index in [4.69, 9.17) is 5.73 Å². The Kier molecular flexibility index (Phi) is 3.06. The maximum absolute atomic E-state index is 12.0. The van der Waals surface area contributed by atoms with Crippen LogP contribution in [-0.4, -0.2) is 15.7 Å². The van der Waals surface area contributed by atoms with E-state index in [2.05, 4.69) is 10.4 Å². The molecule has 0 aliphatic rings. The molecule has 1 aromatic heterocycles. The first-order chi connectivity index (χ1) is 8.49. The van der Waals surface area contributed by atoms with Gasteiger partial charge >= 0.3 is 0 Å². The Labute approximate surface area is 106 Å². The number of hydrogen-bond acceptors (Lipinski definition) is 3. The van der Waals surface area contributed by atoms with Crippen LogP contribution < -0.4 is 11.1 Å². The van der Waals surface area contributed by atoms with E-state index in [9.17, 15) is 4.79 Å². The first-order valence-electron chi connectivity index (χ1n) is 5.65. The number of rotatable bonds is 2. The van der Waals surface area contributed by atoms with Crippen LogP contribution >= 0.6 is 0 Å². The van der Waals surface area contributed by atoms with Crippen LogP contribution in [0.15, 0.2) is 24.4 Å². The van der Waals surface area contributed by atoms with Crippen LogP contribution in [0, 0.1) is 13.8 Å². The summed E-state index contributed by atoms with van der Waals surface area (Å²) < 4.78 is 1.53. The Morgan fingerprint density at radius 2 is 2.06 bits per heavy atom. The maximum atomic E-state index is 12.0. The van der Waals surface area contributed by atoms with Crippen molar-refractivity contribution in [2.75, 3.05) is 11.1 Å². The van der Waals surface area contributed by atoms with Gasteiger partial charge in [-0.2, -0.15) is 5.10 Å². The molecule has 3 N–H and O–H groups in total. The van der Waals surface area contributed by atoms with Crippen molar-refractivity contribution in [3.8, 4) is 0 Å². The molecule has 0 aliphatic carbocycles. The molecule has 5 nitrogen and oxygen atoms in total. The van der Waals surface area contributed by atoms with E-state index in [1.54, 1.807) is 25.4 Å². The molecule has 0 bridgehead atoms. The molecular formula is C13H16N4O. The summed E-state index contributed by atoms with van der Waals surface area (Å²) in [6.07, 6.45) is 1.59. The minimum atomic E-state index is -0.193. The fourth-order valence-electron chi connectivity index (χ4n) is 1.79. The summed E-state index contributed by atoms with van der Waals surface area (Å²) in [6.45, 7) is 3.88. The van der Waals surface area contributed by atoms with Crippen molar-refractivity contribution < 1.29 is 4.79 Å². The average Bonchev–Trinajstić information content (AvgIpc) is 2.72. The van der Waals surface area contributed by atoms with E-state index >= 15 is 0 Å². The maximum Gasteiger partial charge on any atom is 0.273 e. The number of amides is 1. The highest BCUT2D eigenvalue weighted by atomic mass is 16.2. The number of anilines is 2. The molecule has 5 heteroatoms. The van der Waals surface area contributed by atoms with Crippen LogP contribution in [0.5, 0.6) is 0 Å². The highest BCUT2D eigenvalue weighted by molar-refractivity contribution is 6.03. The number of nitrogen functional groups attached to an aromatic ring is 1. The largest absolute Gasteiger partial charge is 0.398 e. The molecule has 0 fully saturated rings. The SMILES string of the molecule is Cc1cc(C)c(NC(=O)c2ccnn2C)cc1N. The average molecular weight is 244 g/mol. The van der Waals surface area contributed by atoms with Crippen molar-refractivity contribution in [2.24, 2.45) is 7.05 Å². The lowest BCUT2D eigenvalue weighted by Gasteiger charge is -2.11. The molecule has 0 aliphatic heterocycles. The van der Waals surface area contributed by atoms with Crippen LogP contribution in [0.2, 0.25) is 0 Å². The van der Waals surface area contributed by atoms with Crippen LogP contribution in [0.3, 0.4) is 0 Å². The molecular weight excluding hydrogens is 228 g/mol. The molecule has 0 radical (unpaired) electrons. The normalized spacial score (nSPS) is 10.4. The topological polar surface area (TPSA) is 72.9 Å². The molecule has 94 valence electrons. The molecule has 0 atom stereocenters. The van der Waals surface area contributed by atoms with Crippen molar-refractivity contribution in [2.45, 2.75) is 13.8 Å². The number of aromatic nitrogens is 2. The van der Waals surface area contributed by atoms with Crippen LogP contribution in [-0.2, 0) is 7.05 Å². The zero-order valence-electron chi connectivity index (χ0n) is 10.7. The number of carbonyl (C=O) groups is 1. The van der Waals surface area contributed by atoms with Crippen molar-refractivity contribution in [1.82, 2.24) is 9.78 Å². The van der Waals surface area contributed by atoms with Gasteiger partial charge in [0.2, 0.25) is 0 Å². The van der Waals surface area contributed by atoms with Gasteiger partial charge in [-0.15, -0.1) is 0 Å². The predicted octanol–water partition coefficient (Wildman–Crippen LogP) is 1.87. The Balaban J connectivity index is 2.28. The quantitative estimate of drug-likeness (QED) is 0.792. The summed E-state index contributed by atoms with van der Waals surface area (Å²) in [7, 11) is 1.73. The fourth-order valence-corrected chi connectivity index (χ4v) is 1.79. The van der Waals surface area contributed by atoms with Crippen molar-refractivity contribution in [1.29, 1.82) is 0 Å². The Bertz CT molecular complexity index is 601. The van der Waals surface area contributed by atoms with Gasteiger partial charge in [-0.3, -0.25) is 9.48 Å². The lowest BCUT2D eigenvalue weighted by molar-refractivity contribution is 0.101. The standard InChI is InChI=1S/C13H16N4O/c1-8-6-9(2)11(7-10(8)14)16-13(18)12-4-5-15-17(12)3/h4-7H,14H2,1-3H3,(H,16,18). The van der Waals surface area contributed by atoms with Crippen LogP contribution in [0.4, 0.5) is 11.4 Å². The molecule has 0 unspecified atom stereocenters. The molecule has 2 aromatic rings. The van der Waals surface area contributed by atoms with Gasteiger partial charge in [-0.1, -0.05) is 6.07 Å². The van der Waals surface area contributed by atoms with Crippen LogP contribution in [0.1, 0.15) is 21.6 Å². The van der Waals surface area contributed by atoms with Gasteiger partial charge in [-0.25, -0.2) is 0 Å². The van der Waals surface area contributed by atoms with Crippen molar-refractivity contribution in [3.05, 3.63) is 41.2 Å². The van der Waals surface area contributed by atoms with E-state index in [-0.39, 0.29) is 5.91 Å². The summed E-state index contributed by atoms with van der Waals surface area (Å²) in [5.74, 6) is -0.193. The van der Waals surface area contributed by atoms with Gasteiger partial charge in [-0.05, 0) is 37.1 Å². The Hall–Kier alpha value is -2.30. The highest BCUT2D eigenvalue weighted by Gasteiger charge is 2.11. The first kappa shape index (κ1) is 12.2. The summed E-state index contributed by atoms with van der Waals surface area (Å²) in [5.41, 5.74) is 9.74. The minimum absolute atomic E-state index is 0.193. The van der Waals surface area contributed by atoms with E-state index in [1.807, 2.05) is 19.9 Å². The van der Waals surface area contributed by atoms with Gasteiger partial charge in [0, 0.05) is 24.6 Å². The second-order valence-electron chi connectivity index (χ2n) is 4.32. The number of aryl methyl sites for hydroxylation is 3. The summed E-state index contributed by atoms with van der Waals surface area (Å²) in [6, 6.07) is 5.40. The number of nitrogens with two attached hydrogens (primary N) is 1. The van der Waals surface area contributed by atoms with E-state index in [0.29, 0.717) is 11.4 Å². The predicted molar refractivity (Wildman–Crippen MR) is 71.5 cm³/mol. The second-order valence-corrected chi connectivity index (χ2v) is 4.32. The zero-order chi connectivity index (χ0) is 13.3. The van der Waals surface area contributed by atoms with Gasteiger partial charge in [0.05, 0.1) is 0 Å². The summed E-state index contributed by atoms with van der Waals surface area (Å²) >= 11 is 0.